The fraction of sp³-hybridized carbons (Fsp3) is 0.333. The average Bonchev–Trinajstić information content (AvgIpc) is 2.90. The predicted octanol–water partition coefficient (Wildman–Crippen LogP) is 0.909. The predicted molar refractivity (Wildman–Crippen MR) is 54.1 cm³/mol. The van der Waals surface area contributed by atoms with Crippen LogP contribution < -0.4 is 5.32 Å². The van der Waals surface area contributed by atoms with Crippen molar-refractivity contribution in [1.82, 2.24) is 5.32 Å². The molecule has 0 bridgehead atoms. The Bertz CT molecular complexity index is 463. The van der Waals surface area contributed by atoms with Crippen molar-refractivity contribution < 1.29 is 9.59 Å². The van der Waals surface area contributed by atoms with E-state index < -0.39 is 5.41 Å². The summed E-state index contributed by atoms with van der Waals surface area (Å²) in [6.45, 7) is 2.01. The SMILES string of the molecule is Cc1ccc([C@@]23C[C@H]2C(=O)NC3=O)cc1. The van der Waals surface area contributed by atoms with Crippen LogP contribution in [0.2, 0.25) is 0 Å². The summed E-state index contributed by atoms with van der Waals surface area (Å²) >= 11 is 0. The standard InChI is InChI=1S/C12H11NO2/c1-7-2-4-8(5-3-7)12-6-9(12)10(14)13-11(12)15/h2-5,9H,6H2,1H3,(H,13,14,15)/t9-,12-/m0/s1. The minimum Gasteiger partial charge on any atom is -0.295 e. The second-order valence-corrected chi connectivity index (χ2v) is 4.41. The van der Waals surface area contributed by atoms with Crippen LogP contribution in [0, 0.1) is 12.8 Å². The number of hydrogen-bond acceptors (Lipinski definition) is 2. The van der Waals surface area contributed by atoms with E-state index in [1.54, 1.807) is 0 Å². The van der Waals surface area contributed by atoms with Crippen LogP contribution in [0.4, 0.5) is 0 Å². The highest BCUT2D eigenvalue weighted by Gasteiger charge is 2.69. The zero-order valence-corrected chi connectivity index (χ0v) is 8.41. The Kier molecular flexibility index (Phi) is 1.43. The minimum atomic E-state index is -0.523. The van der Waals surface area contributed by atoms with Gasteiger partial charge in [0.2, 0.25) is 11.8 Å². The number of benzene rings is 1. The zero-order valence-electron chi connectivity index (χ0n) is 8.41. The van der Waals surface area contributed by atoms with Gasteiger partial charge in [-0.3, -0.25) is 14.9 Å². The molecule has 2 fully saturated rings. The average molecular weight is 201 g/mol. The largest absolute Gasteiger partial charge is 0.295 e. The maximum absolute atomic E-state index is 11.7. The molecule has 1 saturated heterocycles. The lowest BCUT2D eigenvalue weighted by Gasteiger charge is -2.09. The maximum Gasteiger partial charge on any atom is 0.238 e. The molecule has 2 aliphatic rings. The second kappa shape index (κ2) is 2.48. The number of nitrogens with one attached hydrogen (secondary N) is 1. The monoisotopic (exact) mass is 201 g/mol. The summed E-state index contributed by atoms with van der Waals surface area (Å²) in [7, 11) is 0. The maximum atomic E-state index is 11.7. The number of fused-ring (bicyclic) bond motifs is 1. The summed E-state index contributed by atoms with van der Waals surface area (Å²) in [6.07, 6.45) is 0.681. The number of carbonyl (C=O) groups is 2. The van der Waals surface area contributed by atoms with Crippen molar-refractivity contribution in [3.8, 4) is 0 Å². The first-order valence-electron chi connectivity index (χ1n) is 5.07. The molecule has 1 N–H and O–H groups in total. The van der Waals surface area contributed by atoms with Gasteiger partial charge in [0.15, 0.2) is 0 Å². The first-order valence-corrected chi connectivity index (χ1v) is 5.07. The van der Waals surface area contributed by atoms with E-state index in [2.05, 4.69) is 5.32 Å². The molecule has 1 aliphatic carbocycles. The molecule has 76 valence electrons. The molecule has 3 nitrogen and oxygen atoms in total. The zero-order chi connectivity index (χ0) is 10.6. The van der Waals surface area contributed by atoms with Gasteiger partial charge in [0.05, 0.1) is 11.3 Å². The van der Waals surface area contributed by atoms with E-state index in [1.807, 2.05) is 31.2 Å². The molecular formula is C12H11NO2. The molecule has 1 aromatic rings. The third-order valence-corrected chi connectivity index (χ3v) is 3.49. The Balaban J connectivity index is 2.06. The Morgan fingerprint density at radius 2 is 1.93 bits per heavy atom. The van der Waals surface area contributed by atoms with Crippen LogP contribution in [0.5, 0.6) is 0 Å². The van der Waals surface area contributed by atoms with Crippen molar-refractivity contribution in [3.05, 3.63) is 35.4 Å². The normalized spacial score (nSPS) is 32.5. The van der Waals surface area contributed by atoms with Crippen molar-refractivity contribution in [1.29, 1.82) is 0 Å². The number of amides is 2. The van der Waals surface area contributed by atoms with Crippen LogP contribution in [0.3, 0.4) is 0 Å². The van der Waals surface area contributed by atoms with Crippen LogP contribution in [0.1, 0.15) is 17.5 Å². The van der Waals surface area contributed by atoms with Gasteiger partial charge in [-0.15, -0.1) is 0 Å². The molecular weight excluding hydrogens is 190 g/mol. The lowest BCUT2D eigenvalue weighted by Crippen LogP contribution is -2.30. The number of hydrogen-bond donors (Lipinski definition) is 1. The number of carbonyl (C=O) groups excluding carboxylic acids is 2. The molecule has 1 aromatic carbocycles. The topological polar surface area (TPSA) is 46.2 Å². The van der Waals surface area contributed by atoms with Gasteiger partial charge in [0, 0.05) is 0 Å². The highest BCUT2D eigenvalue weighted by molar-refractivity contribution is 6.15. The molecule has 3 heteroatoms. The Hall–Kier alpha value is -1.64. The van der Waals surface area contributed by atoms with E-state index in [-0.39, 0.29) is 17.7 Å². The van der Waals surface area contributed by atoms with Crippen molar-refractivity contribution in [3.63, 3.8) is 0 Å². The molecule has 3 rings (SSSR count). The quantitative estimate of drug-likeness (QED) is 0.686. The molecule has 0 unspecified atom stereocenters. The van der Waals surface area contributed by atoms with Gasteiger partial charge in [-0.1, -0.05) is 29.8 Å². The lowest BCUT2D eigenvalue weighted by atomic mass is 9.93. The number of piperidine rings is 1. The van der Waals surface area contributed by atoms with Crippen LogP contribution >= 0.6 is 0 Å². The highest BCUT2D eigenvalue weighted by atomic mass is 16.2. The van der Waals surface area contributed by atoms with E-state index in [9.17, 15) is 9.59 Å². The van der Waals surface area contributed by atoms with Gasteiger partial charge in [0.1, 0.15) is 0 Å². The van der Waals surface area contributed by atoms with Crippen LogP contribution in [-0.4, -0.2) is 11.8 Å². The van der Waals surface area contributed by atoms with Gasteiger partial charge in [0.25, 0.3) is 0 Å². The van der Waals surface area contributed by atoms with Crippen molar-refractivity contribution in [2.75, 3.05) is 0 Å². The summed E-state index contributed by atoms with van der Waals surface area (Å²) in [4.78, 5) is 23.0. The van der Waals surface area contributed by atoms with Gasteiger partial charge in [-0.25, -0.2) is 0 Å². The third kappa shape index (κ3) is 0.950. The molecule has 0 spiro atoms. The van der Waals surface area contributed by atoms with E-state index in [0.29, 0.717) is 6.42 Å². The van der Waals surface area contributed by atoms with Gasteiger partial charge >= 0.3 is 0 Å². The van der Waals surface area contributed by atoms with Gasteiger partial charge in [-0.2, -0.15) is 0 Å². The molecule has 1 saturated carbocycles. The fourth-order valence-electron chi connectivity index (χ4n) is 2.44. The van der Waals surface area contributed by atoms with Crippen molar-refractivity contribution in [2.24, 2.45) is 5.92 Å². The van der Waals surface area contributed by atoms with E-state index in [1.165, 1.54) is 0 Å². The second-order valence-electron chi connectivity index (χ2n) is 4.41. The summed E-state index contributed by atoms with van der Waals surface area (Å²) < 4.78 is 0. The van der Waals surface area contributed by atoms with Gasteiger partial charge in [-0.05, 0) is 18.9 Å². The first kappa shape index (κ1) is 8.65. The van der Waals surface area contributed by atoms with E-state index >= 15 is 0 Å². The molecule has 1 aliphatic heterocycles. The molecule has 15 heavy (non-hydrogen) atoms. The van der Waals surface area contributed by atoms with Crippen LogP contribution in [0.15, 0.2) is 24.3 Å². The molecule has 2 amide bonds. The summed E-state index contributed by atoms with van der Waals surface area (Å²) in [5, 5.41) is 2.39. The lowest BCUT2D eigenvalue weighted by molar-refractivity contribution is -0.127. The molecule has 0 aromatic heterocycles. The molecule has 0 radical (unpaired) electrons. The van der Waals surface area contributed by atoms with Crippen LogP contribution in [-0.2, 0) is 15.0 Å². The van der Waals surface area contributed by atoms with E-state index in [4.69, 9.17) is 0 Å². The van der Waals surface area contributed by atoms with E-state index in [0.717, 1.165) is 11.1 Å². The number of rotatable bonds is 1. The number of imide groups is 1. The first-order chi connectivity index (χ1) is 7.14. The van der Waals surface area contributed by atoms with Crippen LogP contribution in [0.25, 0.3) is 0 Å². The Labute approximate surface area is 87.5 Å². The van der Waals surface area contributed by atoms with Crippen molar-refractivity contribution >= 4 is 11.8 Å². The summed E-state index contributed by atoms with van der Waals surface area (Å²) in [5.41, 5.74) is 1.61. The summed E-state index contributed by atoms with van der Waals surface area (Å²) in [5.74, 6) is -0.352. The number of aryl methyl sites for hydroxylation is 1. The Morgan fingerprint density at radius 3 is 2.40 bits per heavy atom. The fourth-order valence-corrected chi connectivity index (χ4v) is 2.44. The third-order valence-electron chi connectivity index (χ3n) is 3.49. The summed E-state index contributed by atoms with van der Waals surface area (Å²) in [6, 6.07) is 7.87. The van der Waals surface area contributed by atoms with Crippen molar-refractivity contribution in [2.45, 2.75) is 18.8 Å². The van der Waals surface area contributed by atoms with Gasteiger partial charge < -0.3 is 0 Å². The molecule has 1 heterocycles. The highest BCUT2D eigenvalue weighted by Crippen LogP contribution is 2.57. The minimum absolute atomic E-state index is 0.111. The smallest absolute Gasteiger partial charge is 0.238 e. The Morgan fingerprint density at radius 1 is 1.27 bits per heavy atom. The molecule has 2 atom stereocenters.